The van der Waals surface area contributed by atoms with E-state index in [0.29, 0.717) is 19.3 Å². The molecule has 0 bridgehead atoms. The molecule has 12 heteroatoms. The minimum Gasteiger partial charge on any atom is -0.479 e. The molecule has 0 saturated carbocycles. The third-order valence-electron chi connectivity index (χ3n) is 11.3. The predicted octanol–water partition coefficient (Wildman–Crippen LogP) is 12.2. The number of hydrogen-bond acceptors (Lipinski definition) is 11. The van der Waals surface area contributed by atoms with Crippen LogP contribution in [0.2, 0.25) is 0 Å². The Morgan fingerprint density at radius 3 is 1.45 bits per heavy atom. The number of unbranched alkanes of at least 4 members (excludes halogenated alkanes) is 16. The predicted molar refractivity (Wildman–Crippen MR) is 266 cm³/mol. The van der Waals surface area contributed by atoms with Crippen molar-refractivity contribution in [1.29, 1.82) is 0 Å². The molecule has 1 fully saturated rings. The minimum atomic E-state index is -1.91. The second kappa shape index (κ2) is 43.4. The van der Waals surface area contributed by atoms with Gasteiger partial charge in [-0.2, -0.15) is 0 Å². The van der Waals surface area contributed by atoms with Crippen LogP contribution in [0.5, 0.6) is 0 Å². The summed E-state index contributed by atoms with van der Waals surface area (Å²) in [6.07, 6.45) is 40.5. The summed E-state index contributed by atoms with van der Waals surface area (Å²) in [6.45, 7) is 5.66. The van der Waals surface area contributed by atoms with E-state index >= 15 is 0 Å². The molecule has 3 N–H and O–H groups in total. The van der Waals surface area contributed by atoms with Crippen molar-refractivity contribution in [3.8, 4) is 0 Å². The maximum Gasteiger partial charge on any atom is 0.335 e. The highest BCUT2D eigenvalue weighted by Crippen LogP contribution is 2.26. The summed E-state index contributed by atoms with van der Waals surface area (Å²) < 4.78 is 28.2. The first-order chi connectivity index (χ1) is 32.6. The number of ether oxygens (including phenoxy) is 5. The summed E-state index contributed by atoms with van der Waals surface area (Å²) in [7, 11) is 0. The number of carbonyl (C=O) groups is 4. The molecule has 1 aliphatic heterocycles. The summed E-state index contributed by atoms with van der Waals surface area (Å²) in [4.78, 5) is 50.7. The third-order valence-corrected chi connectivity index (χ3v) is 11.3. The summed E-state index contributed by atoms with van der Waals surface area (Å²) >= 11 is 0. The molecular formula is C55H90O12. The molecule has 12 nitrogen and oxygen atoms in total. The average molecular weight is 943 g/mol. The summed E-state index contributed by atoms with van der Waals surface area (Å²) in [5.41, 5.74) is 0. The monoisotopic (exact) mass is 943 g/mol. The number of aliphatic hydroxyl groups is 2. The van der Waals surface area contributed by atoms with E-state index in [1.807, 2.05) is 0 Å². The van der Waals surface area contributed by atoms with E-state index in [2.05, 4.69) is 93.7 Å². The van der Waals surface area contributed by atoms with Gasteiger partial charge in [0.15, 0.2) is 24.6 Å². The van der Waals surface area contributed by atoms with Crippen molar-refractivity contribution in [3.63, 3.8) is 0 Å². The SMILES string of the molecule is CC/C=C\C/C=C\C/C=C\CCCCCCCC(=O)OCC(COC1OC(C(=O)O)C(O)C(O)C1OC(=O)CCCCCCCCCCC)OC(=O)CCCCC/C=C\C/C=C\C/C=C\CC. The lowest BCUT2D eigenvalue weighted by atomic mass is 9.98. The summed E-state index contributed by atoms with van der Waals surface area (Å²) in [5, 5.41) is 31.3. The lowest BCUT2D eigenvalue weighted by Gasteiger charge is -2.40. The summed E-state index contributed by atoms with van der Waals surface area (Å²) in [6, 6.07) is 0. The van der Waals surface area contributed by atoms with E-state index in [4.69, 9.17) is 23.7 Å². The van der Waals surface area contributed by atoms with Crippen LogP contribution in [0, 0.1) is 0 Å². The van der Waals surface area contributed by atoms with Crippen molar-refractivity contribution in [2.75, 3.05) is 13.2 Å². The molecule has 1 rings (SSSR count). The Labute approximate surface area is 404 Å². The zero-order valence-corrected chi connectivity index (χ0v) is 41.6. The van der Waals surface area contributed by atoms with Gasteiger partial charge in [0, 0.05) is 19.3 Å². The van der Waals surface area contributed by atoms with Crippen LogP contribution in [-0.4, -0.2) is 89.2 Å². The number of carbonyl (C=O) groups excluding carboxylic acids is 3. The molecular weight excluding hydrogens is 853 g/mol. The molecule has 0 aromatic rings. The molecule has 0 radical (unpaired) electrons. The highest BCUT2D eigenvalue weighted by molar-refractivity contribution is 5.74. The molecule has 67 heavy (non-hydrogen) atoms. The van der Waals surface area contributed by atoms with Crippen LogP contribution < -0.4 is 0 Å². The first kappa shape index (κ1) is 61.2. The Hall–Kier alpha value is -3.84. The fourth-order valence-electron chi connectivity index (χ4n) is 7.34. The highest BCUT2D eigenvalue weighted by atomic mass is 16.7. The zero-order chi connectivity index (χ0) is 49.0. The van der Waals surface area contributed by atoms with E-state index in [9.17, 15) is 34.5 Å². The number of hydrogen-bond donors (Lipinski definition) is 3. The number of carboxylic acid groups (broad SMARTS) is 1. The second-order valence-corrected chi connectivity index (χ2v) is 17.4. The van der Waals surface area contributed by atoms with Gasteiger partial charge in [-0.15, -0.1) is 0 Å². The van der Waals surface area contributed by atoms with Crippen LogP contribution in [0.1, 0.15) is 201 Å². The van der Waals surface area contributed by atoms with Crippen LogP contribution >= 0.6 is 0 Å². The Kier molecular flexibility index (Phi) is 39.7. The molecule has 6 unspecified atom stereocenters. The molecule has 0 spiro atoms. The number of aliphatic carboxylic acids is 1. The van der Waals surface area contributed by atoms with Gasteiger partial charge in [-0.1, -0.05) is 171 Å². The number of allylic oxidation sites excluding steroid dienone is 12. The van der Waals surface area contributed by atoms with Crippen LogP contribution in [0.3, 0.4) is 0 Å². The normalized spacial score (nSPS) is 19.4. The highest BCUT2D eigenvalue weighted by Gasteiger charge is 2.50. The van der Waals surface area contributed by atoms with Crippen molar-refractivity contribution in [1.82, 2.24) is 0 Å². The first-order valence-electron chi connectivity index (χ1n) is 25.9. The van der Waals surface area contributed by atoms with E-state index in [1.165, 1.54) is 25.7 Å². The molecule has 382 valence electrons. The number of rotatable bonds is 42. The van der Waals surface area contributed by atoms with Gasteiger partial charge in [-0.25, -0.2) is 4.79 Å². The lowest BCUT2D eigenvalue weighted by molar-refractivity contribution is -0.301. The van der Waals surface area contributed by atoms with Gasteiger partial charge in [0.05, 0.1) is 6.61 Å². The smallest absolute Gasteiger partial charge is 0.335 e. The fraction of sp³-hybridized carbons (Fsp3) is 0.709. The van der Waals surface area contributed by atoms with Gasteiger partial charge in [-0.3, -0.25) is 14.4 Å². The van der Waals surface area contributed by atoms with Gasteiger partial charge < -0.3 is 39.0 Å². The molecule has 0 amide bonds. The third kappa shape index (κ3) is 34.2. The van der Waals surface area contributed by atoms with Crippen LogP contribution in [0.4, 0.5) is 0 Å². The Balaban J connectivity index is 2.76. The van der Waals surface area contributed by atoms with Crippen molar-refractivity contribution in [3.05, 3.63) is 72.9 Å². The zero-order valence-electron chi connectivity index (χ0n) is 41.6. The van der Waals surface area contributed by atoms with Gasteiger partial charge >= 0.3 is 23.9 Å². The Morgan fingerprint density at radius 1 is 0.507 bits per heavy atom. The molecule has 0 aromatic carbocycles. The first-order valence-corrected chi connectivity index (χ1v) is 25.9. The Bertz CT molecular complexity index is 1450. The maximum absolute atomic E-state index is 13.0. The van der Waals surface area contributed by atoms with Crippen LogP contribution in [0.25, 0.3) is 0 Å². The van der Waals surface area contributed by atoms with Gasteiger partial charge in [0.2, 0.25) is 0 Å². The molecule has 0 aliphatic carbocycles. The lowest BCUT2D eigenvalue weighted by Crippen LogP contribution is -2.61. The van der Waals surface area contributed by atoms with E-state index in [1.54, 1.807) is 0 Å². The van der Waals surface area contributed by atoms with Gasteiger partial charge in [-0.05, 0) is 83.5 Å². The molecule has 1 heterocycles. The van der Waals surface area contributed by atoms with Crippen molar-refractivity contribution < 1.29 is 58.2 Å². The number of esters is 3. The van der Waals surface area contributed by atoms with E-state index in [0.717, 1.165) is 116 Å². The fourth-order valence-corrected chi connectivity index (χ4v) is 7.34. The molecule has 1 saturated heterocycles. The molecule has 0 aromatic heterocycles. The average Bonchev–Trinajstić information content (AvgIpc) is 3.31. The van der Waals surface area contributed by atoms with Crippen LogP contribution in [-0.2, 0) is 42.9 Å². The molecule has 6 atom stereocenters. The van der Waals surface area contributed by atoms with Crippen molar-refractivity contribution in [2.24, 2.45) is 0 Å². The minimum absolute atomic E-state index is 0.0540. The molecule has 1 aliphatic rings. The number of carboxylic acids is 1. The quantitative estimate of drug-likeness (QED) is 0.0229. The second-order valence-electron chi connectivity index (χ2n) is 17.4. The van der Waals surface area contributed by atoms with Crippen molar-refractivity contribution in [2.45, 2.75) is 237 Å². The van der Waals surface area contributed by atoms with Gasteiger partial charge in [0.1, 0.15) is 18.8 Å². The maximum atomic E-state index is 13.0. The largest absolute Gasteiger partial charge is 0.479 e. The topological polar surface area (TPSA) is 175 Å². The standard InChI is InChI=1S/C55H90O12/c1-4-7-10-13-16-19-21-23-24-26-27-30-32-35-38-41-47(56)63-44-46(65-48(57)42-39-36-34-31-28-25-22-20-17-14-11-8-5-2)45-64-55-53(51(60)50(59)52(67-55)54(61)62)66-49(58)43-40-37-33-29-18-15-12-9-6-3/h7-8,10-11,16-17,19-20,23-25,28,46,50-53,55,59-60H,4-6,9,12-15,18,21-22,26-27,29-45H2,1-3H3,(H,61,62)/b10-7-,11-8-,19-16-,20-17-,24-23-,28-25-. The van der Waals surface area contributed by atoms with Crippen molar-refractivity contribution >= 4 is 23.9 Å². The van der Waals surface area contributed by atoms with E-state index in [-0.39, 0.29) is 25.9 Å². The van der Waals surface area contributed by atoms with Crippen LogP contribution in [0.15, 0.2) is 72.9 Å². The Morgan fingerprint density at radius 2 is 0.940 bits per heavy atom. The number of aliphatic hydroxyl groups excluding tert-OH is 2. The van der Waals surface area contributed by atoms with E-state index < -0.39 is 67.3 Å². The summed E-state index contributed by atoms with van der Waals surface area (Å²) in [5.74, 6) is -3.19. The van der Waals surface area contributed by atoms with Gasteiger partial charge in [0.25, 0.3) is 0 Å².